The molecule has 0 atom stereocenters. The zero-order valence-corrected chi connectivity index (χ0v) is 18.7. The van der Waals surface area contributed by atoms with E-state index in [1.165, 1.54) is 42.1 Å². The summed E-state index contributed by atoms with van der Waals surface area (Å²) in [5.41, 5.74) is 0.632. The quantitative estimate of drug-likeness (QED) is 0.330. The first-order chi connectivity index (χ1) is 16.3. The Morgan fingerprint density at radius 3 is 2.47 bits per heavy atom. The molecule has 2 N–H and O–H groups in total. The molecule has 34 heavy (non-hydrogen) atoms. The average molecular weight is 490 g/mol. The van der Waals surface area contributed by atoms with E-state index in [-0.39, 0.29) is 28.7 Å². The molecule has 9 nitrogen and oxygen atoms in total. The van der Waals surface area contributed by atoms with Gasteiger partial charge >= 0.3 is 12.6 Å². The van der Waals surface area contributed by atoms with Gasteiger partial charge in [0.15, 0.2) is 11.8 Å². The third-order valence-electron chi connectivity index (χ3n) is 4.23. The summed E-state index contributed by atoms with van der Waals surface area (Å²) in [6.45, 7) is -3.54. The number of rotatable bonds is 10. The molecule has 0 aliphatic rings. The van der Waals surface area contributed by atoms with E-state index in [0.29, 0.717) is 10.8 Å². The number of esters is 1. The maximum atomic E-state index is 12.5. The van der Waals surface area contributed by atoms with Crippen molar-refractivity contribution in [1.82, 2.24) is 9.55 Å². The summed E-state index contributed by atoms with van der Waals surface area (Å²) >= 11 is 1.24. The Labute approximate surface area is 197 Å². The summed E-state index contributed by atoms with van der Waals surface area (Å²) in [4.78, 5) is 41.0. The van der Waals surface area contributed by atoms with E-state index in [1.54, 1.807) is 35.2 Å². The molecule has 0 aliphatic carbocycles. The van der Waals surface area contributed by atoms with Crippen molar-refractivity contribution >= 4 is 40.9 Å². The van der Waals surface area contributed by atoms with E-state index in [1.807, 2.05) is 7.05 Å². The fourth-order valence-electron chi connectivity index (χ4n) is 2.70. The number of imidazole rings is 1. The molecule has 3 rings (SSSR count). The molecule has 12 heteroatoms. The van der Waals surface area contributed by atoms with Gasteiger partial charge in [-0.2, -0.15) is 8.78 Å². The minimum Gasteiger partial charge on any atom is -0.452 e. The third kappa shape index (κ3) is 7.30. The van der Waals surface area contributed by atoms with Gasteiger partial charge < -0.3 is 24.7 Å². The number of alkyl halides is 2. The molecule has 0 bridgehead atoms. The number of halogens is 2. The predicted octanol–water partition coefficient (Wildman–Crippen LogP) is 3.55. The second-order valence-corrected chi connectivity index (χ2v) is 7.67. The second-order valence-electron chi connectivity index (χ2n) is 6.73. The fourth-order valence-corrected chi connectivity index (χ4v) is 3.44. The van der Waals surface area contributed by atoms with E-state index in [9.17, 15) is 23.2 Å². The lowest BCUT2D eigenvalue weighted by atomic mass is 10.2. The molecule has 2 aromatic carbocycles. The van der Waals surface area contributed by atoms with Crippen molar-refractivity contribution in [3.8, 4) is 5.75 Å². The predicted molar refractivity (Wildman–Crippen MR) is 121 cm³/mol. The van der Waals surface area contributed by atoms with Crippen molar-refractivity contribution in [2.75, 3.05) is 23.0 Å². The van der Waals surface area contributed by atoms with Gasteiger partial charge in [-0.05, 0) is 36.4 Å². The van der Waals surface area contributed by atoms with Crippen molar-refractivity contribution in [3.63, 3.8) is 0 Å². The number of para-hydroxylation sites is 1. The van der Waals surface area contributed by atoms with Gasteiger partial charge in [-0.3, -0.25) is 9.59 Å². The third-order valence-corrected chi connectivity index (χ3v) is 5.29. The molecular formula is C22H20F2N4O5S. The van der Waals surface area contributed by atoms with Crippen LogP contribution in [0.5, 0.6) is 5.75 Å². The van der Waals surface area contributed by atoms with Gasteiger partial charge in [0.2, 0.25) is 5.91 Å². The maximum Gasteiger partial charge on any atom is 0.387 e. The number of benzene rings is 2. The van der Waals surface area contributed by atoms with Crippen LogP contribution in [0.25, 0.3) is 0 Å². The molecule has 0 fully saturated rings. The van der Waals surface area contributed by atoms with Crippen LogP contribution in [0.1, 0.15) is 10.4 Å². The van der Waals surface area contributed by atoms with Crippen LogP contribution < -0.4 is 15.4 Å². The van der Waals surface area contributed by atoms with Crippen molar-refractivity contribution < 1.29 is 32.6 Å². The molecule has 2 amide bonds. The second kappa shape index (κ2) is 11.8. The van der Waals surface area contributed by atoms with Crippen LogP contribution in [-0.4, -0.2) is 46.3 Å². The number of thioether (sulfide) groups is 1. The number of ether oxygens (including phenoxy) is 2. The van der Waals surface area contributed by atoms with E-state index in [0.717, 1.165) is 0 Å². The highest BCUT2D eigenvalue weighted by Gasteiger charge is 2.16. The highest BCUT2D eigenvalue weighted by atomic mass is 32.2. The number of amides is 2. The summed E-state index contributed by atoms with van der Waals surface area (Å²) in [6, 6.07) is 11.5. The van der Waals surface area contributed by atoms with Crippen LogP contribution >= 0.6 is 11.8 Å². The van der Waals surface area contributed by atoms with Gasteiger partial charge in [-0.25, -0.2) is 9.78 Å². The molecule has 0 spiro atoms. The largest absolute Gasteiger partial charge is 0.452 e. The first-order valence-electron chi connectivity index (χ1n) is 9.82. The molecule has 0 saturated carbocycles. The fraction of sp³-hybridized carbons (Fsp3) is 0.182. The van der Waals surface area contributed by atoms with Gasteiger partial charge in [-0.1, -0.05) is 23.9 Å². The number of aromatic nitrogens is 2. The van der Waals surface area contributed by atoms with Crippen molar-refractivity contribution in [2.45, 2.75) is 11.8 Å². The van der Waals surface area contributed by atoms with Crippen LogP contribution in [0.15, 0.2) is 66.1 Å². The Morgan fingerprint density at radius 1 is 1.06 bits per heavy atom. The molecule has 1 aromatic heterocycles. The van der Waals surface area contributed by atoms with Gasteiger partial charge in [-0.15, -0.1) is 0 Å². The zero-order valence-electron chi connectivity index (χ0n) is 17.9. The number of hydrogen-bond acceptors (Lipinski definition) is 7. The Kier molecular flexibility index (Phi) is 8.57. The number of aryl methyl sites for hydroxylation is 1. The highest BCUT2D eigenvalue weighted by molar-refractivity contribution is 7.99. The molecule has 0 radical (unpaired) electrons. The summed E-state index contributed by atoms with van der Waals surface area (Å²) in [6.07, 6.45) is 3.39. The molecule has 0 aliphatic heterocycles. The lowest BCUT2D eigenvalue weighted by molar-refractivity contribution is -0.119. The first-order valence-corrected chi connectivity index (χ1v) is 10.8. The van der Waals surface area contributed by atoms with Crippen LogP contribution in [0, 0.1) is 0 Å². The summed E-state index contributed by atoms with van der Waals surface area (Å²) in [5.74, 6) is -1.76. The topological polar surface area (TPSA) is 112 Å². The maximum absolute atomic E-state index is 12.5. The van der Waals surface area contributed by atoms with Gasteiger partial charge in [0.1, 0.15) is 5.75 Å². The van der Waals surface area contributed by atoms with Crippen LogP contribution in [0.3, 0.4) is 0 Å². The Balaban J connectivity index is 1.51. The van der Waals surface area contributed by atoms with Crippen LogP contribution in [0.4, 0.5) is 20.2 Å². The molecule has 1 heterocycles. The van der Waals surface area contributed by atoms with Gasteiger partial charge in [0, 0.05) is 25.1 Å². The Hall–Kier alpha value is -3.93. The van der Waals surface area contributed by atoms with E-state index in [4.69, 9.17) is 4.74 Å². The molecule has 178 valence electrons. The molecular weight excluding hydrogens is 470 g/mol. The normalized spacial score (nSPS) is 10.6. The standard InChI is InChI=1S/C22H20F2N4O5S/c1-28-11-10-25-22(28)34-13-19(30)27-17-5-3-2-4-16(17)20(31)32-12-18(29)26-14-6-8-15(9-7-14)33-21(23)24/h2-11,21H,12-13H2,1H3,(H,26,29)(H,27,30). The minimum absolute atomic E-state index is 0.0589. The lowest BCUT2D eigenvalue weighted by Crippen LogP contribution is -2.22. The lowest BCUT2D eigenvalue weighted by Gasteiger charge is -2.11. The molecule has 0 unspecified atom stereocenters. The zero-order chi connectivity index (χ0) is 24.5. The van der Waals surface area contributed by atoms with E-state index in [2.05, 4.69) is 20.4 Å². The molecule has 0 saturated heterocycles. The monoisotopic (exact) mass is 490 g/mol. The average Bonchev–Trinajstić information content (AvgIpc) is 3.22. The first kappa shape index (κ1) is 24.7. The minimum atomic E-state index is -2.95. The number of carbonyl (C=O) groups is 3. The van der Waals surface area contributed by atoms with Crippen LogP contribution in [0.2, 0.25) is 0 Å². The van der Waals surface area contributed by atoms with Crippen LogP contribution in [-0.2, 0) is 21.4 Å². The number of carbonyl (C=O) groups excluding carboxylic acids is 3. The van der Waals surface area contributed by atoms with Crippen molar-refractivity contribution in [1.29, 1.82) is 0 Å². The smallest absolute Gasteiger partial charge is 0.387 e. The van der Waals surface area contributed by atoms with Gasteiger partial charge in [0.25, 0.3) is 5.91 Å². The van der Waals surface area contributed by atoms with Crippen molar-refractivity contribution in [2.24, 2.45) is 7.05 Å². The SMILES string of the molecule is Cn1ccnc1SCC(=O)Nc1ccccc1C(=O)OCC(=O)Nc1ccc(OC(F)F)cc1. The van der Waals surface area contributed by atoms with Gasteiger partial charge in [0.05, 0.1) is 17.0 Å². The van der Waals surface area contributed by atoms with E-state index < -0.39 is 25.1 Å². The van der Waals surface area contributed by atoms with E-state index >= 15 is 0 Å². The summed E-state index contributed by atoms with van der Waals surface area (Å²) in [7, 11) is 1.81. The Morgan fingerprint density at radius 2 is 1.79 bits per heavy atom. The summed E-state index contributed by atoms with van der Waals surface area (Å²) < 4.78 is 35.4. The number of anilines is 2. The summed E-state index contributed by atoms with van der Waals surface area (Å²) in [5, 5.41) is 5.80. The van der Waals surface area contributed by atoms with Crippen molar-refractivity contribution in [3.05, 3.63) is 66.5 Å². The Bertz CT molecular complexity index is 1150. The number of hydrogen-bond donors (Lipinski definition) is 2. The number of nitrogens with one attached hydrogen (secondary N) is 2. The molecule has 3 aromatic rings. The highest BCUT2D eigenvalue weighted by Crippen LogP contribution is 2.20. The number of nitrogens with zero attached hydrogens (tertiary/aromatic N) is 2.